The highest BCUT2D eigenvalue weighted by atomic mass is 16.1. The maximum atomic E-state index is 13.1. The standard InChI is InChI=1S/C23H22N4O/c1-17-10-12-19(13-11-17)16-24-22(28)21-18(2)25-27(20-8-4-3-5-9-20)23(21)26-14-6-7-15-26/h3-15H,16H2,1-2H3,(H,24,28). The van der Waals surface area contributed by atoms with Crippen molar-refractivity contribution < 1.29 is 4.79 Å². The van der Waals surface area contributed by atoms with Crippen LogP contribution in [-0.4, -0.2) is 20.3 Å². The fourth-order valence-corrected chi connectivity index (χ4v) is 3.22. The summed E-state index contributed by atoms with van der Waals surface area (Å²) in [5.41, 5.74) is 4.44. The van der Waals surface area contributed by atoms with Gasteiger partial charge in [-0.25, -0.2) is 4.68 Å². The lowest BCUT2D eigenvalue weighted by Gasteiger charge is -2.11. The number of nitrogens with one attached hydrogen (secondary N) is 1. The van der Waals surface area contributed by atoms with E-state index in [9.17, 15) is 4.79 Å². The number of hydrogen-bond acceptors (Lipinski definition) is 2. The normalized spacial score (nSPS) is 10.8. The second kappa shape index (κ2) is 7.56. The van der Waals surface area contributed by atoms with Crippen LogP contribution in [0.25, 0.3) is 11.5 Å². The van der Waals surface area contributed by atoms with Gasteiger partial charge in [0.1, 0.15) is 5.56 Å². The Bertz CT molecular complexity index is 1080. The van der Waals surface area contributed by atoms with Gasteiger partial charge >= 0.3 is 0 Å². The molecule has 0 aliphatic rings. The molecule has 1 amide bonds. The van der Waals surface area contributed by atoms with Gasteiger partial charge in [0.05, 0.1) is 11.4 Å². The zero-order valence-corrected chi connectivity index (χ0v) is 16.0. The molecule has 28 heavy (non-hydrogen) atoms. The van der Waals surface area contributed by atoms with E-state index < -0.39 is 0 Å². The molecule has 0 aliphatic carbocycles. The van der Waals surface area contributed by atoms with Gasteiger partial charge in [0.2, 0.25) is 0 Å². The third kappa shape index (κ3) is 3.47. The molecule has 0 aliphatic heterocycles. The molecule has 0 unspecified atom stereocenters. The zero-order chi connectivity index (χ0) is 19.5. The molecule has 4 rings (SSSR count). The van der Waals surface area contributed by atoms with Crippen molar-refractivity contribution in [3.63, 3.8) is 0 Å². The van der Waals surface area contributed by atoms with E-state index in [1.165, 1.54) is 5.56 Å². The van der Waals surface area contributed by atoms with E-state index >= 15 is 0 Å². The van der Waals surface area contributed by atoms with Crippen LogP contribution in [0.5, 0.6) is 0 Å². The van der Waals surface area contributed by atoms with Crippen LogP contribution in [-0.2, 0) is 6.54 Å². The molecular formula is C23H22N4O. The first-order valence-electron chi connectivity index (χ1n) is 9.25. The highest BCUT2D eigenvalue weighted by Gasteiger charge is 2.23. The molecule has 5 nitrogen and oxygen atoms in total. The van der Waals surface area contributed by atoms with Crippen molar-refractivity contribution in [1.82, 2.24) is 19.7 Å². The smallest absolute Gasteiger partial charge is 0.257 e. The van der Waals surface area contributed by atoms with E-state index in [1.807, 2.05) is 102 Å². The minimum atomic E-state index is -0.135. The van der Waals surface area contributed by atoms with Gasteiger partial charge in [-0.2, -0.15) is 5.10 Å². The monoisotopic (exact) mass is 370 g/mol. The summed E-state index contributed by atoms with van der Waals surface area (Å²) in [6, 6.07) is 21.9. The predicted molar refractivity (Wildman–Crippen MR) is 110 cm³/mol. The Morgan fingerprint density at radius 2 is 1.61 bits per heavy atom. The number of benzene rings is 2. The third-order valence-corrected chi connectivity index (χ3v) is 4.69. The maximum absolute atomic E-state index is 13.1. The van der Waals surface area contributed by atoms with Crippen molar-refractivity contribution in [2.24, 2.45) is 0 Å². The summed E-state index contributed by atoms with van der Waals surface area (Å²) >= 11 is 0. The van der Waals surface area contributed by atoms with Crippen molar-refractivity contribution in [1.29, 1.82) is 0 Å². The number of aryl methyl sites for hydroxylation is 2. The van der Waals surface area contributed by atoms with Gasteiger partial charge in [-0.1, -0.05) is 48.0 Å². The number of rotatable bonds is 5. The third-order valence-electron chi connectivity index (χ3n) is 4.69. The Kier molecular flexibility index (Phi) is 4.81. The number of nitrogens with zero attached hydrogens (tertiary/aromatic N) is 3. The van der Waals surface area contributed by atoms with E-state index in [0.29, 0.717) is 17.8 Å². The van der Waals surface area contributed by atoms with Crippen LogP contribution in [0.3, 0.4) is 0 Å². The number of carbonyl (C=O) groups is 1. The van der Waals surface area contributed by atoms with Crippen LogP contribution in [0.4, 0.5) is 0 Å². The van der Waals surface area contributed by atoms with Gasteiger partial charge in [-0.15, -0.1) is 0 Å². The van der Waals surface area contributed by atoms with Gasteiger partial charge in [-0.05, 0) is 43.7 Å². The Morgan fingerprint density at radius 3 is 2.29 bits per heavy atom. The number of aromatic nitrogens is 3. The van der Waals surface area contributed by atoms with Crippen LogP contribution >= 0.6 is 0 Å². The number of hydrogen-bond donors (Lipinski definition) is 1. The molecule has 0 fully saturated rings. The largest absolute Gasteiger partial charge is 0.348 e. The van der Waals surface area contributed by atoms with Crippen LogP contribution in [0.15, 0.2) is 79.1 Å². The minimum Gasteiger partial charge on any atom is -0.348 e. The molecular weight excluding hydrogens is 348 g/mol. The molecule has 5 heteroatoms. The Morgan fingerprint density at radius 1 is 0.929 bits per heavy atom. The SMILES string of the molecule is Cc1ccc(CNC(=O)c2c(C)nn(-c3ccccc3)c2-n2cccc2)cc1. The molecule has 0 saturated carbocycles. The second-order valence-electron chi connectivity index (χ2n) is 6.79. The number of carbonyl (C=O) groups excluding carboxylic acids is 1. The minimum absolute atomic E-state index is 0.135. The van der Waals surface area contributed by atoms with E-state index in [-0.39, 0.29) is 5.91 Å². The zero-order valence-electron chi connectivity index (χ0n) is 16.0. The molecule has 140 valence electrons. The Hall–Kier alpha value is -3.60. The lowest BCUT2D eigenvalue weighted by atomic mass is 10.1. The molecule has 0 atom stereocenters. The molecule has 0 bridgehead atoms. The first-order chi connectivity index (χ1) is 13.6. The average Bonchev–Trinajstić information content (AvgIpc) is 3.35. The van der Waals surface area contributed by atoms with Gasteiger partial charge in [0.15, 0.2) is 5.82 Å². The highest BCUT2D eigenvalue weighted by molar-refractivity contribution is 5.98. The van der Waals surface area contributed by atoms with E-state index in [4.69, 9.17) is 0 Å². The molecule has 2 aromatic carbocycles. The van der Waals surface area contributed by atoms with Crippen molar-refractivity contribution in [3.8, 4) is 11.5 Å². The quantitative estimate of drug-likeness (QED) is 0.572. The maximum Gasteiger partial charge on any atom is 0.257 e. The van der Waals surface area contributed by atoms with Crippen molar-refractivity contribution in [2.75, 3.05) is 0 Å². The summed E-state index contributed by atoms with van der Waals surface area (Å²) in [6.45, 7) is 4.39. The van der Waals surface area contributed by atoms with Gasteiger partial charge < -0.3 is 9.88 Å². The topological polar surface area (TPSA) is 51.9 Å². The first-order valence-corrected chi connectivity index (χ1v) is 9.25. The van der Waals surface area contributed by atoms with Crippen LogP contribution in [0.2, 0.25) is 0 Å². The molecule has 0 radical (unpaired) electrons. The van der Waals surface area contributed by atoms with Crippen molar-refractivity contribution in [2.45, 2.75) is 20.4 Å². The summed E-state index contributed by atoms with van der Waals surface area (Å²) in [7, 11) is 0. The number of para-hydroxylation sites is 1. The van der Waals surface area contributed by atoms with Crippen LogP contribution in [0, 0.1) is 13.8 Å². The first kappa shape index (κ1) is 17.8. The average molecular weight is 370 g/mol. The lowest BCUT2D eigenvalue weighted by molar-refractivity contribution is 0.0950. The molecule has 4 aromatic rings. The fraction of sp³-hybridized carbons (Fsp3) is 0.130. The van der Waals surface area contributed by atoms with Crippen molar-refractivity contribution in [3.05, 3.63) is 102 Å². The Balaban J connectivity index is 1.71. The predicted octanol–water partition coefficient (Wildman–Crippen LogP) is 4.21. The molecule has 0 spiro atoms. The lowest BCUT2D eigenvalue weighted by Crippen LogP contribution is -2.24. The van der Waals surface area contributed by atoms with Gasteiger partial charge in [-0.3, -0.25) is 4.79 Å². The molecule has 1 N–H and O–H groups in total. The molecule has 2 aromatic heterocycles. The van der Waals surface area contributed by atoms with Gasteiger partial charge in [0, 0.05) is 18.9 Å². The molecule has 2 heterocycles. The summed E-state index contributed by atoms with van der Waals surface area (Å²) in [6.07, 6.45) is 3.85. The summed E-state index contributed by atoms with van der Waals surface area (Å²) in [4.78, 5) is 13.1. The van der Waals surface area contributed by atoms with Gasteiger partial charge in [0.25, 0.3) is 5.91 Å². The summed E-state index contributed by atoms with van der Waals surface area (Å²) in [5, 5.41) is 7.70. The highest BCUT2D eigenvalue weighted by Crippen LogP contribution is 2.23. The van der Waals surface area contributed by atoms with Crippen molar-refractivity contribution >= 4 is 5.91 Å². The van der Waals surface area contributed by atoms with E-state index in [2.05, 4.69) is 10.4 Å². The van der Waals surface area contributed by atoms with Crippen LogP contribution < -0.4 is 5.32 Å². The van der Waals surface area contributed by atoms with E-state index in [0.717, 1.165) is 17.1 Å². The fourth-order valence-electron chi connectivity index (χ4n) is 3.22. The molecule has 0 saturated heterocycles. The second-order valence-corrected chi connectivity index (χ2v) is 6.79. The summed E-state index contributed by atoms with van der Waals surface area (Å²) < 4.78 is 3.74. The Labute approximate surface area is 164 Å². The summed E-state index contributed by atoms with van der Waals surface area (Å²) in [5.74, 6) is 0.596. The number of amides is 1. The van der Waals surface area contributed by atoms with E-state index in [1.54, 1.807) is 0 Å². The van der Waals surface area contributed by atoms with Crippen LogP contribution in [0.1, 0.15) is 27.2 Å².